The largest absolute Gasteiger partial charge is 0.398 e. The van der Waals surface area contributed by atoms with Crippen LogP contribution < -0.4 is 16.4 Å². The average molecular weight is 478 g/mol. The van der Waals surface area contributed by atoms with Crippen LogP contribution in [0.3, 0.4) is 0 Å². The summed E-state index contributed by atoms with van der Waals surface area (Å²) < 4.78 is 4.96. The Morgan fingerprint density at radius 1 is 1.38 bits per heavy atom. The number of halogens is 2. The van der Waals surface area contributed by atoms with Crippen LogP contribution in [0, 0.1) is 0 Å². The predicted molar refractivity (Wildman–Crippen MR) is 132 cm³/mol. The van der Waals surface area contributed by atoms with Crippen molar-refractivity contribution in [3.8, 4) is 0 Å². The minimum atomic E-state index is -0.0550. The summed E-state index contributed by atoms with van der Waals surface area (Å²) >= 11 is 12.8. The number of aliphatic imine (C=N–C) groups is 1. The molecule has 4 N–H and O–H groups in total. The number of hydrogen-bond donors (Lipinski definition) is 3. The Hall–Kier alpha value is -2.32. The highest BCUT2D eigenvalue weighted by atomic mass is 35.5. The number of anilines is 1. The van der Waals surface area contributed by atoms with Crippen molar-refractivity contribution in [3.05, 3.63) is 57.6 Å². The summed E-state index contributed by atoms with van der Waals surface area (Å²) in [6.07, 6.45) is 8.79. The van der Waals surface area contributed by atoms with Crippen molar-refractivity contribution in [3.63, 3.8) is 0 Å². The van der Waals surface area contributed by atoms with Crippen LogP contribution in [-0.4, -0.2) is 62.7 Å². The molecule has 1 aromatic rings. The number of amides is 2. The van der Waals surface area contributed by atoms with Gasteiger partial charge in [-0.15, -0.1) is 0 Å². The molecular weight excluding hydrogens is 449 g/mol. The molecule has 1 heterocycles. The van der Waals surface area contributed by atoms with Gasteiger partial charge in [-0.3, -0.25) is 10.3 Å². The van der Waals surface area contributed by atoms with E-state index in [4.69, 9.17) is 38.7 Å². The van der Waals surface area contributed by atoms with E-state index in [1.807, 2.05) is 36.1 Å². The van der Waals surface area contributed by atoms with Gasteiger partial charge < -0.3 is 20.7 Å². The molecule has 9 heteroatoms. The first-order chi connectivity index (χ1) is 15.4. The number of nitrogens with one attached hydrogen (secondary N) is 2. The Morgan fingerprint density at radius 2 is 2.19 bits per heavy atom. The van der Waals surface area contributed by atoms with Crippen LogP contribution in [0.2, 0.25) is 10.0 Å². The van der Waals surface area contributed by atoms with Gasteiger partial charge in [0.25, 0.3) is 0 Å². The van der Waals surface area contributed by atoms with Gasteiger partial charge in [-0.25, -0.2) is 4.79 Å². The summed E-state index contributed by atoms with van der Waals surface area (Å²) in [6, 6.07) is 3.60. The Morgan fingerprint density at radius 3 is 2.94 bits per heavy atom. The third kappa shape index (κ3) is 5.92. The van der Waals surface area contributed by atoms with Crippen molar-refractivity contribution < 1.29 is 9.53 Å². The molecule has 2 aliphatic rings. The molecular formula is C23H29Cl2N5O2. The molecule has 1 aliphatic heterocycles. The van der Waals surface area contributed by atoms with E-state index in [1.165, 1.54) is 0 Å². The maximum atomic E-state index is 12.1. The number of methoxy groups -OCH3 is 1. The molecule has 1 fully saturated rings. The molecule has 1 aliphatic carbocycles. The molecule has 0 aromatic heterocycles. The van der Waals surface area contributed by atoms with Crippen LogP contribution in [-0.2, 0) is 4.74 Å². The fourth-order valence-corrected chi connectivity index (χ4v) is 4.25. The van der Waals surface area contributed by atoms with Crippen molar-refractivity contribution in [1.82, 2.24) is 15.5 Å². The molecule has 7 nitrogen and oxygen atoms in total. The van der Waals surface area contributed by atoms with Gasteiger partial charge in [0, 0.05) is 38.3 Å². The fourth-order valence-electron chi connectivity index (χ4n) is 3.66. The van der Waals surface area contributed by atoms with E-state index in [2.05, 4.69) is 10.6 Å². The van der Waals surface area contributed by atoms with Crippen molar-refractivity contribution >= 4 is 46.2 Å². The summed E-state index contributed by atoms with van der Waals surface area (Å²) in [6.45, 7) is 4.83. The highest BCUT2D eigenvalue weighted by molar-refractivity contribution is 6.39. The van der Waals surface area contributed by atoms with E-state index < -0.39 is 0 Å². The van der Waals surface area contributed by atoms with Gasteiger partial charge in [0.15, 0.2) is 0 Å². The molecule has 1 atom stereocenters. The minimum absolute atomic E-state index is 0.0550. The first-order valence-corrected chi connectivity index (χ1v) is 11.3. The third-order valence-corrected chi connectivity index (χ3v) is 6.16. The van der Waals surface area contributed by atoms with Crippen molar-refractivity contribution in [2.75, 3.05) is 45.8 Å². The third-order valence-electron chi connectivity index (χ3n) is 5.44. The van der Waals surface area contributed by atoms with E-state index in [9.17, 15) is 4.79 Å². The molecule has 32 heavy (non-hydrogen) atoms. The molecule has 1 unspecified atom stereocenters. The summed E-state index contributed by atoms with van der Waals surface area (Å²) in [5, 5.41) is 7.27. The summed E-state index contributed by atoms with van der Waals surface area (Å²) in [4.78, 5) is 18.7. The minimum Gasteiger partial charge on any atom is -0.398 e. The van der Waals surface area contributed by atoms with Gasteiger partial charge in [-0.05, 0) is 48.8 Å². The van der Waals surface area contributed by atoms with Gasteiger partial charge in [0.2, 0.25) is 0 Å². The molecule has 3 rings (SSSR count). The highest BCUT2D eigenvalue weighted by Gasteiger charge is 2.25. The van der Waals surface area contributed by atoms with Crippen LogP contribution in [0.25, 0.3) is 5.57 Å². The Kier molecular flexibility index (Phi) is 8.75. The normalized spacial score (nSPS) is 20.8. The number of urea groups is 1. The number of carbonyl (C=O) groups excluding carboxylic acids is 1. The molecule has 172 valence electrons. The SMILES string of the molecule is C/C=C1/C=C(c2c(Cl)ccc(N)c2Cl)C=C/C1=N/CNC1CCN(C(=O)NCCOC)C1. The highest BCUT2D eigenvalue weighted by Crippen LogP contribution is 2.37. The molecule has 0 bridgehead atoms. The second kappa shape index (κ2) is 11.5. The number of likely N-dealkylation sites (tertiary alicyclic amines) is 1. The number of nitrogens with two attached hydrogens (primary N) is 1. The quantitative estimate of drug-likeness (QED) is 0.410. The van der Waals surface area contributed by atoms with Crippen LogP contribution >= 0.6 is 23.2 Å². The van der Waals surface area contributed by atoms with Gasteiger partial charge in [-0.1, -0.05) is 35.4 Å². The van der Waals surface area contributed by atoms with E-state index in [0.717, 1.165) is 35.4 Å². The smallest absolute Gasteiger partial charge is 0.317 e. The monoisotopic (exact) mass is 477 g/mol. The average Bonchev–Trinajstić information content (AvgIpc) is 3.26. The maximum Gasteiger partial charge on any atom is 0.317 e. The number of hydrogen-bond acceptors (Lipinski definition) is 5. The molecule has 0 radical (unpaired) electrons. The topological polar surface area (TPSA) is 92.0 Å². The first kappa shape index (κ1) is 24.3. The number of nitrogens with zero attached hydrogens (tertiary/aromatic N) is 2. The van der Waals surface area contributed by atoms with Crippen LogP contribution in [0.5, 0.6) is 0 Å². The fraction of sp³-hybridized carbons (Fsp3) is 0.391. The number of benzene rings is 1. The molecule has 0 spiro atoms. The van der Waals surface area contributed by atoms with E-state index in [0.29, 0.717) is 42.1 Å². The molecule has 1 aromatic carbocycles. The van der Waals surface area contributed by atoms with Gasteiger partial charge in [0.05, 0.1) is 34.7 Å². The second-order valence-electron chi connectivity index (χ2n) is 7.56. The molecule has 1 saturated heterocycles. The van der Waals surface area contributed by atoms with Crippen LogP contribution in [0.15, 0.2) is 47.0 Å². The summed E-state index contributed by atoms with van der Waals surface area (Å²) in [5.41, 5.74) is 9.89. The number of nitrogen functional groups attached to an aromatic ring is 1. The Balaban J connectivity index is 1.58. The molecule has 0 saturated carbocycles. The van der Waals surface area contributed by atoms with Crippen molar-refractivity contribution in [2.24, 2.45) is 4.99 Å². The van der Waals surface area contributed by atoms with E-state index in [1.54, 1.807) is 19.2 Å². The number of ether oxygens (including phenoxy) is 1. The van der Waals surface area contributed by atoms with Crippen molar-refractivity contribution in [2.45, 2.75) is 19.4 Å². The lowest BCUT2D eigenvalue weighted by Gasteiger charge is -2.18. The van der Waals surface area contributed by atoms with Crippen LogP contribution in [0.1, 0.15) is 18.9 Å². The molecule has 2 amide bonds. The van der Waals surface area contributed by atoms with E-state index in [-0.39, 0.29) is 12.1 Å². The predicted octanol–water partition coefficient (Wildman–Crippen LogP) is 3.89. The Labute approximate surface area is 199 Å². The number of carbonyl (C=O) groups is 1. The summed E-state index contributed by atoms with van der Waals surface area (Å²) in [5.74, 6) is 0. The van der Waals surface area contributed by atoms with Crippen LogP contribution in [0.4, 0.5) is 10.5 Å². The van der Waals surface area contributed by atoms with Crippen molar-refractivity contribution in [1.29, 1.82) is 0 Å². The van der Waals surface area contributed by atoms with Gasteiger partial charge in [-0.2, -0.15) is 0 Å². The lowest BCUT2D eigenvalue weighted by molar-refractivity contribution is 0.184. The first-order valence-electron chi connectivity index (χ1n) is 10.5. The Bertz CT molecular complexity index is 971. The number of rotatable bonds is 7. The maximum absolute atomic E-state index is 12.1. The lowest BCUT2D eigenvalue weighted by Crippen LogP contribution is -2.41. The van der Waals surface area contributed by atoms with E-state index >= 15 is 0 Å². The zero-order valence-electron chi connectivity index (χ0n) is 18.3. The second-order valence-corrected chi connectivity index (χ2v) is 8.35. The lowest BCUT2D eigenvalue weighted by atomic mass is 9.94. The standard InChI is InChI=1S/C23H29Cl2N5O2/c1-3-15-12-16(21-18(24)5-6-19(26)22(21)25)4-7-20(15)29-14-28-17-8-10-30(13-17)23(31)27-9-11-32-2/h3-7,12,17,28H,8-11,13-14,26H2,1-2H3,(H,27,31)/b15-3-,29-20-. The zero-order valence-corrected chi connectivity index (χ0v) is 19.8. The number of allylic oxidation sites excluding steroid dienone is 6. The van der Waals surface area contributed by atoms with Gasteiger partial charge in [0.1, 0.15) is 0 Å². The summed E-state index contributed by atoms with van der Waals surface area (Å²) in [7, 11) is 1.61. The zero-order chi connectivity index (χ0) is 23.1. The van der Waals surface area contributed by atoms with Gasteiger partial charge >= 0.3 is 6.03 Å².